The Morgan fingerprint density at radius 3 is 2.78 bits per heavy atom. The van der Waals surface area contributed by atoms with Crippen molar-refractivity contribution < 1.29 is 5.11 Å². The molecule has 3 rings (SSSR count). The minimum Gasteiger partial charge on any atom is -0.358 e. The average Bonchev–Trinajstić information content (AvgIpc) is 2.73. The van der Waals surface area contributed by atoms with Crippen LogP contribution >= 0.6 is 0 Å². The van der Waals surface area contributed by atoms with E-state index >= 15 is 0 Å². The smallest absolute Gasteiger partial charge is 0.224 e. The summed E-state index contributed by atoms with van der Waals surface area (Å²) < 4.78 is 0. The molecule has 2 atom stereocenters. The summed E-state index contributed by atoms with van der Waals surface area (Å²) in [5.41, 5.74) is 1.14. The number of hydrogen-bond donors (Lipinski definition) is 1. The molecular weight excluding hydrogens is 228 g/mol. The third-order valence-corrected chi connectivity index (χ3v) is 3.28. The molecule has 18 heavy (non-hydrogen) atoms. The van der Waals surface area contributed by atoms with Crippen LogP contribution in [-0.4, -0.2) is 39.2 Å². The molecule has 1 aromatic rings. The van der Waals surface area contributed by atoms with Gasteiger partial charge in [-0.15, -0.1) is 0 Å². The molecule has 2 aliphatic heterocycles. The van der Waals surface area contributed by atoms with Crippen molar-refractivity contribution in [3.63, 3.8) is 0 Å². The molecule has 0 radical (unpaired) electrons. The molecule has 94 valence electrons. The van der Waals surface area contributed by atoms with Crippen LogP contribution < -0.4 is 0 Å². The fourth-order valence-electron chi connectivity index (χ4n) is 2.45. The lowest BCUT2D eigenvalue weighted by atomic mass is 10.1. The molecule has 2 heterocycles. The van der Waals surface area contributed by atoms with E-state index in [2.05, 4.69) is 17.2 Å². The third-order valence-electron chi connectivity index (χ3n) is 3.28. The summed E-state index contributed by atoms with van der Waals surface area (Å²) in [6.45, 7) is 2.78. The molecule has 5 nitrogen and oxygen atoms in total. The molecule has 0 aliphatic carbocycles. The zero-order valence-corrected chi connectivity index (χ0v) is 10.2. The molecule has 0 spiro atoms. The normalized spacial score (nSPS) is 26.8. The van der Waals surface area contributed by atoms with Crippen LogP contribution in [0.1, 0.15) is 18.7 Å². The number of allylic oxidation sites excluding steroid dienone is 1. The molecule has 1 saturated heterocycles. The minimum atomic E-state index is -0.721. The highest BCUT2D eigenvalue weighted by atomic mass is 16.3. The Morgan fingerprint density at radius 1 is 1.28 bits per heavy atom. The molecule has 1 aromatic carbocycles. The van der Waals surface area contributed by atoms with Gasteiger partial charge in [0.05, 0.1) is 6.21 Å². The maximum Gasteiger partial charge on any atom is 0.224 e. The number of aliphatic hydroxyl groups excluding tert-OH is 1. The van der Waals surface area contributed by atoms with Gasteiger partial charge in [-0.2, -0.15) is 10.2 Å². The molecule has 2 aliphatic rings. The topological polar surface area (TPSA) is 42.3 Å². The number of aliphatic hydroxyl groups is 1. The zero-order chi connectivity index (χ0) is 12.5. The Kier molecular flexibility index (Phi) is 2.77. The molecule has 1 fully saturated rings. The summed E-state index contributed by atoms with van der Waals surface area (Å²) in [6.07, 6.45) is 4.75. The van der Waals surface area contributed by atoms with E-state index in [1.165, 1.54) is 0 Å². The Bertz CT molecular complexity index is 473. The van der Waals surface area contributed by atoms with Crippen molar-refractivity contribution in [3.8, 4) is 0 Å². The van der Waals surface area contributed by atoms with Gasteiger partial charge >= 0.3 is 0 Å². The summed E-state index contributed by atoms with van der Waals surface area (Å²) in [4.78, 5) is 1.99. The van der Waals surface area contributed by atoms with Gasteiger partial charge in [-0.25, -0.2) is 4.90 Å². The van der Waals surface area contributed by atoms with Gasteiger partial charge in [0.1, 0.15) is 6.17 Å². The standard InChI is InChI=1S/C13H16N4O/c1-2-15-12(11-7-4-3-5-8-11)16-10-6-9-14-17(16)13(15)18/h3-10,12-13,18H,2H2,1H3. The van der Waals surface area contributed by atoms with Crippen LogP contribution in [0.4, 0.5) is 0 Å². The van der Waals surface area contributed by atoms with Crippen LogP contribution in [0.2, 0.25) is 0 Å². The zero-order valence-electron chi connectivity index (χ0n) is 10.2. The van der Waals surface area contributed by atoms with Crippen molar-refractivity contribution in [2.75, 3.05) is 6.54 Å². The minimum absolute atomic E-state index is 0.0140. The van der Waals surface area contributed by atoms with Crippen LogP contribution in [0.15, 0.2) is 47.7 Å². The number of fused-ring (bicyclic) bond motifs is 1. The second kappa shape index (κ2) is 4.44. The highest BCUT2D eigenvalue weighted by Gasteiger charge is 2.43. The molecule has 0 amide bonds. The van der Waals surface area contributed by atoms with Gasteiger partial charge in [0.25, 0.3) is 0 Å². The van der Waals surface area contributed by atoms with Gasteiger partial charge in [-0.1, -0.05) is 37.3 Å². The summed E-state index contributed by atoms with van der Waals surface area (Å²) in [7, 11) is 0. The van der Waals surface area contributed by atoms with E-state index in [0.29, 0.717) is 0 Å². The molecule has 1 N–H and O–H groups in total. The Morgan fingerprint density at radius 2 is 2.06 bits per heavy atom. The first kappa shape index (κ1) is 11.3. The highest BCUT2D eigenvalue weighted by molar-refractivity contribution is 5.71. The van der Waals surface area contributed by atoms with Gasteiger partial charge in [0, 0.05) is 12.7 Å². The average molecular weight is 244 g/mol. The maximum atomic E-state index is 10.3. The van der Waals surface area contributed by atoms with Crippen molar-refractivity contribution in [1.82, 2.24) is 15.0 Å². The van der Waals surface area contributed by atoms with Crippen LogP contribution in [-0.2, 0) is 0 Å². The molecule has 5 heteroatoms. The largest absolute Gasteiger partial charge is 0.358 e. The predicted octanol–water partition coefficient (Wildman–Crippen LogP) is 1.33. The highest BCUT2D eigenvalue weighted by Crippen LogP contribution is 2.36. The molecule has 0 aromatic heterocycles. The van der Waals surface area contributed by atoms with Crippen molar-refractivity contribution in [2.45, 2.75) is 19.4 Å². The number of hydrazine groups is 1. The van der Waals surface area contributed by atoms with Crippen LogP contribution in [0.3, 0.4) is 0 Å². The lowest BCUT2D eigenvalue weighted by Gasteiger charge is -2.30. The summed E-state index contributed by atoms with van der Waals surface area (Å²) in [6, 6.07) is 10.1. The SMILES string of the molecule is CCN1C(c2ccccc2)N2C=CC=NN2C1O. The van der Waals surface area contributed by atoms with Gasteiger partial charge in [0.2, 0.25) is 6.35 Å². The fraction of sp³-hybridized carbons (Fsp3) is 0.308. The molecular formula is C13H16N4O. The van der Waals surface area contributed by atoms with Gasteiger partial charge in [-0.3, -0.25) is 5.01 Å². The van der Waals surface area contributed by atoms with Gasteiger partial charge < -0.3 is 5.11 Å². The fourth-order valence-corrected chi connectivity index (χ4v) is 2.45. The number of hydrogen-bond acceptors (Lipinski definition) is 5. The first-order chi connectivity index (χ1) is 8.83. The first-order valence-electron chi connectivity index (χ1n) is 6.10. The Labute approximate surface area is 106 Å². The van der Waals surface area contributed by atoms with E-state index in [1.807, 2.05) is 47.3 Å². The van der Waals surface area contributed by atoms with E-state index in [9.17, 15) is 5.11 Å². The van der Waals surface area contributed by atoms with Crippen LogP contribution in [0.25, 0.3) is 0 Å². The van der Waals surface area contributed by atoms with Gasteiger partial charge in [-0.05, 0) is 11.6 Å². The van der Waals surface area contributed by atoms with E-state index < -0.39 is 6.35 Å². The number of benzene rings is 1. The second-order valence-corrected chi connectivity index (χ2v) is 4.27. The lowest BCUT2D eigenvalue weighted by molar-refractivity contribution is -0.0978. The van der Waals surface area contributed by atoms with E-state index in [-0.39, 0.29) is 6.17 Å². The lowest BCUT2D eigenvalue weighted by Crippen LogP contribution is -2.38. The number of rotatable bonds is 2. The van der Waals surface area contributed by atoms with Crippen LogP contribution in [0, 0.1) is 0 Å². The van der Waals surface area contributed by atoms with E-state index in [1.54, 1.807) is 11.3 Å². The van der Waals surface area contributed by atoms with Crippen molar-refractivity contribution in [2.24, 2.45) is 5.10 Å². The Hall–Kier alpha value is -1.85. The van der Waals surface area contributed by atoms with E-state index in [4.69, 9.17) is 0 Å². The number of nitrogens with zero attached hydrogens (tertiary/aromatic N) is 4. The molecule has 2 unspecified atom stereocenters. The van der Waals surface area contributed by atoms with Crippen molar-refractivity contribution in [3.05, 3.63) is 48.2 Å². The van der Waals surface area contributed by atoms with E-state index in [0.717, 1.165) is 12.1 Å². The summed E-state index contributed by atoms with van der Waals surface area (Å²) in [5.74, 6) is 0. The number of hydrazone groups is 1. The summed E-state index contributed by atoms with van der Waals surface area (Å²) in [5, 5.41) is 18.0. The maximum absolute atomic E-state index is 10.3. The predicted molar refractivity (Wildman–Crippen MR) is 68.9 cm³/mol. The van der Waals surface area contributed by atoms with Crippen molar-refractivity contribution >= 4 is 6.21 Å². The monoisotopic (exact) mass is 244 g/mol. The van der Waals surface area contributed by atoms with Crippen molar-refractivity contribution in [1.29, 1.82) is 0 Å². The quantitative estimate of drug-likeness (QED) is 0.852. The molecule has 0 saturated carbocycles. The summed E-state index contributed by atoms with van der Waals surface area (Å²) >= 11 is 0. The third kappa shape index (κ3) is 1.60. The van der Waals surface area contributed by atoms with Crippen LogP contribution in [0.5, 0.6) is 0 Å². The molecule has 0 bridgehead atoms. The van der Waals surface area contributed by atoms with Gasteiger partial charge in [0.15, 0.2) is 0 Å². The second-order valence-electron chi connectivity index (χ2n) is 4.27. The Balaban J connectivity index is 2.01. The first-order valence-corrected chi connectivity index (χ1v) is 6.10.